The number of hydrogen-bond acceptors (Lipinski definition) is 5. The third-order valence-corrected chi connectivity index (χ3v) is 6.75. The minimum atomic E-state index is -4.20. The maximum Gasteiger partial charge on any atom is 0.330 e. The van der Waals surface area contributed by atoms with Gasteiger partial charge in [0.2, 0.25) is 5.91 Å². The molecule has 9 nitrogen and oxygen atoms in total. The summed E-state index contributed by atoms with van der Waals surface area (Å²) in [6.07, 6.45) is 0.169. The first-order chi connectivity index (χ1) is 16.7. The van der Waals surface area contributed by atoms with E-state index in [2.05, 4.69) is 5.32 Å². The zero-order valence-corrected chi connectivity index (χ0v) is 20.5. The molecule has 1 atom stereocenters. The van der Waals surface area contributed by atoms with E-state index in [4.69, 9.17) is 4.74 Å². The van der Waals surface area contributed by atoms with Gasteiger partial charge < -0.3 is 15.0 Å². The molecule has 0 bridgehead atoms. The number of methoxy groups -OCH3 is 1. The number of para-hydroxylation sites is 1. The molecule has 0 saturated carbocycles. The van der Waals surface area contributed by atoms with E-state index in [9.17, 15) is 18.0 Å². The van der Waals surface area contributed by atoms with Crippen LogP contribution in [0.5, 0.6) is 5.75 Å². The van der Waals surface area contributed by atoms with E-state index in [1.54, 1.807) is 68.8 Å². The van der Waals surface area contributed by atoms with Crippen LogP contribution in [0.1, 0.15) is 5.56 Å². The number of nitrogens with one attached hydrogen (secondary N) is 2. The topological polar surface area (TPSA) is 108 Å². The van der Waals surface area contributed by atoms with Crippen LogP contribution in [-0.4, -0.2) is 47.6 Å². The van der Waals surface area contributed by atoms with Crippen molar-refractivity contribution < 1.29 is 22.7 Å². The van der Waals surface area contributed by atoms with E-state index in [0.29, 0.717) is 17.1 Å². The second-order valence-corrected chi connectivity index (χ2v) is 9.42. The van der Waals surface area contributed by atoms with Gasteiger partial charge >= 0.3 is 16.2 Å². The summed E-state index contributed by atoms with van der Waals surface area (Å²) >= 11 is 0. The molecule has 0 aliphatic carbocycles. The monoisotopic (exact) mass is 496 g/mol. The van der Waals surface area contributed by atoms with Gasteiger partial charge in [-0.1, -0.05) is 48.5 Å². The molecular formula is C25H28N4O5S. The molecule has 0 radical (unpaired) electrons. The Morgan fingerprint density at radius 2 is 1.43 bits per heavy atom. The van der Waals surface area contributed by atoms with Crippen molar-refractivity contribution in [1.29, 1.82) is 0 Å². The average Bonchev–Trinajstić information content (AvgIpc) is 2.87. The first-order valence-electron chi connectivity index (χ1n) is 10.8. The van der Waals surface area contributed by atoms with Crippen molar-refractivity contribution in [3.8, 4) is 5.75 Å². The van der Waals surface area contributed by atoms with Crippen molar-refractivity contribution in [2.75, 3.05) is 30.4 Å². The van der Waals surface area contributed by atoms with Gasteiger partial charge in [-0.3, -0.25) is 9.10 Å². The fraction of sp³-hybridized carbons (Fsp3) is 0.200. The molecule has 0 aliphatic heterocycles. The number of carbonyl (C=O) groups is 2. The summed E-state index contributed by atoms with van der Waals surface area (Å²) in [6, 6.07) is 22.3. The molecule has 3 rings (SSSR count). The van der Waals surface area contributed by atoms with E-state index in [1.165, 1.54) is 11.9 Å². The Kier molecular flexibility index (Phi) is 8.32. The van der Waals surface area contributed by atoms with Crippen LogP contribution in [0.3, 0.4) is 0 Å². The van der Waals surface area contributed by atoms with Crippen LogP contribution < -0.4 is 24.0 Å². The highest BCUT2D eigenvalue weighted by molar-refractivity contribution is 7.91. The lowest BCUT2D eigenvalue weighted by Gasteiger charge is -2.26. The highest BCUT2D eigenvalue weighted by atomic mass is 32.2. The van der Waals surface area contributed by atoms with Crippen molar-refractivity contribution in [2.45, 2.75) is 12.5 Å². The molecule has 0 aliphatic rings. The molecule has 0 fully saturated rings. The number of hydrogen-bond donors (Lipinski definition) is 2. The van der Waals surface area contributed by atoms with Crippen LogP contribution in [-0.2, 0) is 21.4 Å². The van der Waals surface area contributed by atoms with Gasteiger partial charge in [-0.2, -0.15) is 8.42 Å². The molecule has 0 spiro atoms. The molecule has 2 N–H and O–H groups in total. The standard InChI is InChI=1S/C25H28N4O5S/c1-28(20-14-16-22(34-3)17-15-20)24(30)23(18-19-10-6-4-7-11-19)26-25(31)27-35(32,33)29(2)21-12-8-5-9-13-21/h4-17,23H,18H2,1-3H3,(H2,26,27,31)/t23-/m0/s1. The molecule has 3 amide bonds. The number of rotatable bonds is 9. The number of urea groups is 1. The lowest BCUT2D eigenvalue weighted by Crippen LogP contribution is -2.54. The summed E-state index contributed by atoms with van der Waals surface area (Å²) in [7, 11) is 0.256. The summed E-state index contributed by atoms with van der Waals surface area (Å²) in [5, 5.41) is 2.53. The summed E-state index contributed by atoms with van der Waals surface area (Å²) < 4.78 is 33.5. The quantitative estimate of drug-likeness (QED) is 0.474. The number of anilines is 2. The SMILES string of the molecule is COc1ccc(N(C)C(=O)[C@H](Cc2ccccc2)NC(=O)NS(=O)(=O)N(C)c2ccccc2)cc1. The number of likely N-dealkylation sites (N-methyl/N-ethyl adjacent to an activating group) is 1. The van der Waals surface area contributed by atoms with Crippen molar-refractivity contribution in [3.63, 3.8) is 0 Å². The summed E-state index contributed by atoms with van der Waals surface area (Å²) in [4.78, 5) is 27.5. The Morgan fingerprint density at radius 1 is 0.857 bits per heavy atom. The van der Waals surface area contributed by atoms with Gasteiger partial charge in [0.25, 0.3) is 0 Å². The zero-order chi connectivity index (χ0) is 25.4. The van der Waals surface area contributed by atoms with Gasteiger partial charge in [-0.25, -0.2) is 9.52 Å². The minimum Gasteiger partial charge on any atom is -0.497 e. The zero-order valence-electron chi connectivity index (χ0n) is 19.7. The lowest BCUT2D eigenvalue weighted by atomic mass is 10.0. The summed E-state index contributed by atoms with van der Waals surface area (Å²) in [5.41, 5.74) is 1.77. The third kappa shape index (κ3) is 6.73. The molecular weight excluding hydrogens is 468 g/mol. The Morgan fingerprint density at radius 3 is 2.00 bits per heavy atom. The highest BCUT2D eigenvalue weighted by Gasteiger charge is 2.28. The fourth-order valence-electron chi connectivity index (χ4n) is 3.37. The lowest BCUT2D eigenvalue weighted by molar-refractivity contribution is -0.120. The van der Waals surface area contributed by atoms with Crippen LogP contribution in [0.2, 0.25) is 0 Å². The molecule has 3 aromatic rings. The Balaban J connectivity index is 1.78. The predicted molar refractivity (Wildman–Crippen MR) is 136 cm³/mol. The van der Waals surface area contributed by atoms with Crippen LogP contribution in [0.4, 0.5) is 16.2 Å². The largest absolute Gasteiger partial charge is 0.497 e. The Labute approximate surface area is 205 Å². The van der Waals surface area contributed by atoms with Crippen molar-refractivity contribution >= 4 is 33.5 Å². The summed E-state index contributed by atoms with van der Waals surface area (Å²) in [6.45, 7) is 0. The van der Waals surface area contributed by atoms with Crippen molar-refractivity contribution in [3.05, 3.63) is 90.5 Å². The van der Waals surface area contributed by atoms with Crippen LogP contribution in [0, 0.1) is 0 Å². The molecule has 0 heterocycles. The average molecular weight is 497 g/mol. The number of ether oxygens (including phenoxy) is 1. The number of amides is 3. The number of nitrogens with zero attached hydrogens (tertiary/aromatic N) is 2. The molecule has 10 heteroatoms. The highest BCUT2D eigenvalue weighted by Crippen LogP contribution is 2.19. The maximum absolute atomic E-state index is 13.4. The van der Waals surface area contributed by atoms with Crippen molar-refractivity contribution in [2.24, 2.45) is 0 Å². The fourth-order valence-corrected chi connectivity index (χ4v) is 4.20. The van der Waals surface area contributed by atoms with E-state index in [-0.39, 0.29) is 6.42 Å². The third-order valence-electron chi connectivity index (χ3n) is 5.38. The number of carbonyl (C=O) groups excluding carboxylic acids is 2. The second kappa shape index (κ2) is 11.4. The van der Waals surface area contributed by atoms with Gasteiger partial charge in [-0.15, -0.1) is 0 Å². The van der Waals surface area contributed by atoms with Gasteiger partial charge in [-0.05, 0) is 42.0 Å². The summed E-state index contributed by atoms with van der Waals surface area (Å²) in [5.74, 6) is 0.226. The molecule has 0 unspecified atom stereocenters. The van der Waals surface area contributed by atoms with Crippen LogP contribution in [0.15, 0.2) is 84.9 Å². The molecule has 3 aromatic carbocycles. The molecule has 184 valence electrons. The van der Waals surface area contributed by atoms with Crippen LogP contribution >= 0.6 is 0 Å². The normalized spacial score (nSPS) is 11.7. The molecule has 0 saturated heterocycles. The molecule has 0 aromatic heterocycles. The van der Waals surface area contributed by atoms with Gasteiger partial charge in [0.1, 0.15) is 11.8 Å². The molecule has 35 heavy (non-hydrogen) atoms. The van der Waals surface area contributed by atoms with Gasteiger partial charge in [0.15, 0.2) is 0 Å². The second-order valence-electron chi connectivity index (χ2n) is 7.72. The smallest absolute Gasteiger partial charge is 0.330 e. The van der Waals surface area contributed by atoms with Gasteiger partial charge in [0, 0.05) is 26.2 Å². The predicted octanol–water partition coefficient (Wildman–Crippen LogP) is 2.95. The first kappa shape index (κ1) is 25.6. The Bertz CT molecular complexity index is 1240. The maximum atomic E-state index is 13.4. The Hall–Kier alpha value is -4.05. The van der Waals surface area contributed by atoms with Gasteiger partial charge in [0.05, 0.1) is 12.8 Å². The van der Waals surface area contributed by atoms with E-state index >= 15 is 0 Å². The van der Waals surface area contributed by atoms with E-state index in [0.717, 1.165) is 9.87 Å². The number of benzene rings is 3. The van der Waals surface area contributed by atoms with Crippen molar-refractivity contribution in [1.82, 2.24) is 10.0 Å². The first-order valence-corrected chi connectivity index (χ1v) is 12.2. The van der Waals surface area contributed by atoms with E-state index in [1.807, 2.05) is 35.1 Å². The van der Waals surface area contributed by atoms with E-state index < -0.39 is 28.2 Å². The van der Waals surface area contributed by atoms with Crippen LogP contribution in [0.25, 0.3) is 0 Å². The minimum absolute atomic E-state index is 0.169.